The number of benzene rings is 2. The summed E-state index contributed by atoms with van der Waals surface area (Å²) in [6, 6.07) is 11.0. The first-order chi connectivity index (χ1) is 12.4. The van der Waals surface area contributed by atoms with Crippen molar-refractivity contribution in [2.45, 2.75) is 11.3 Å². The van der Waals surface area contributed by atoms with Crippen LogP contribution < -0.4 is 0 Å². The zero-order valence-electron chi connectivity index (χ0n) is 13.9. The van der Waals surface area contributed by atoms with Crippen molar-refractivity contribution in [3.8, 4) is 11.1 Å². The van der Waals surface area contributed by atoms with Gasteiger partial charge in [0.15, 0.2) is 0 Å². The van der Waals surface area contributed by atoms with Crippen molar-refractivity contribution < 1.29 is 13.0 Å². The highest BCUT2D eigenvalue weighted by molar-refractivity contribution is 7.85. The Balaban J connectivity index is 1.70. The number of H-pyrrole nitrogens is 1. The van der Waals surface area contributed by atoms with Crippen LogP contribution >= 0.6 is 0 Å². The molecule has 0 fully saturated rings. The Morgan fingerprint density at radius 1 is 1.12 bits per heavy atom. The van der Waals surface area contributed by atoms with Gasteiger partial charge in [-0.05, 0) is 35.2 Å². The van der Waals surface area contributed by atoms with Crippen LogP contribution in [0.1, 0.15) is 11.1 Å². The molecule has 0 amide bonds. The minimum atomic E-state index is -4.32. The molecular formula is C18H16N4O3S. The van der Waals surface area contributed by atoms with E-state index in [2.05, 4.69) is 15.3 Å². The van der Waals surface area contributed by atoms with Crippen molar-refractivity contribution in [1.29, 1.82) is 0 Å². The summed E-state index contributed by atoms with van der Waals surface area (Å²) >= 11 is 0. The van der Waals surface area contributed by atoms with Gasteiger partial charge in [0.05, 0.1) is 22.8 Å². The van der Waals surface area contributed by atoms with Gasteiger partial charge in [0, 0.05) is 24.2 Å². The fourth-order valence-corrected chi connectivity index (χ4v) is 3.74. The molecule has 26 heavy (non-hydrogen) atoms. The molecule has 0 aliphatic carbocycles. The van der Waals surface area contributed by atoms with Crippen LogP contribution in [0.3, 0.4) is 0 Å². The Morgan fingerprint density at radius 3 is 2.54 bits per heavy atom. The Labute approximate surface area is 150 Å². The Bertz CT molecular complexity index is 1190. The van der Waals surface area contributed by atoms with Gasteiger partial charge in [0.25, 0.3) is 10.1 Å². The summed E-state index contributed by atoms with van der Waals surface area (Å²) < 4.78 is 34.8. The van der Waals surface area contributed by atoms with Crippen molar-refractivity contribution in [3.63, 3.8) is 0 Å². The Hall–Kier alpha value is -2.97. The van der Waals surface area contributed by atoms with Crippen LogP contribution in [0.5, 0.6) is 0 Å². The van der Waals surface area contributed by atoms with Gasteiger partial charge in [-0.15, -0.1) is 0 Å². The molecule has 2 N–H and O–H groups in total. The van der Waals surface area contributed by atoms with Crippen LogP contribution in [0.4, 0.5) is 0 Å². The summed E-state index contributed by atoms with van der Waals surface area (Å²) in [6.07, 6.45) is 5.61. The van der Waals surface area contributed by atoms with Crippen molar-refractivity contribution >= 4 is 21.0 Å². The standard InChI is InChI=1S/C18H16N4O3S/c1-22-11-16(10-20-22)13-4-2-12(3-5-13)6-14-7-17-15(9-19-21-17)8-18(14)26(23,24)25/h2-5,7-11H,6H2,1H3,(H,19,21)(H,23,24,25). The minimum Gasteiger partial charge on any atom is -0.282 e. The molecule has 0 unspecified atom stereocenters. The zero-order valence-corrected chi connectivity index (χ0v) is 14.7. The number of hydrogen-bond acceptors (Lipinski definition) is 4. The fourth-order valence-electron chi connectivity index (χ4n) is 3.00. The van der Waals surface area contributed by atoms with Gasteiger partial charge in [-0.2, -0.15) is 18.6 Å². The lowest BCUT2D eigenvalue weighted by Crippen LogP contribution is -2.04. The summed E-state index contributed by atoms with van der Waals surface area (Å²) in [6.45, 7) is 0. The fraction of sp³-hybridized carbons (Fsp3) is 0.111. The van der Waals surface area contributed by atoms with Gasteiger partial charge in [-0.3, -0.25) is 14.3 Å². The first kappa shape index (κ1) is 16.5. The molecule has 4 aromatic rings. The minimum absolute atomic E-state index is 0.0947. The maximum atomic E-state index is 11.8. The number of aromatic amines is 1. The average molecular weight is 368 g/mol. The molecule has 0 spiro atoms. The lowest BCUT2D eigenvalue weighted by molar-refractivity contribution is 0.482. The molecule has 132 valence electrons. The van der Waals surface area contributed by atoms with Crippen molar-refractivity contribution in [2.75, 3.05) is 0 Å². The lowest BCUT2D eigenvalue weighted by Gasteiger charge is -2.08. The van der Waals surface area contributed by atoms with Crippen LogP contribution in [0.2, 0.25) is 0 Å². The summed E-state index contributed by atoms with van der Waals surface area (Å²) in [7, 11) is -2.46. The van der Waals surface area contributed by atoms with Crippen LogP contribution in [-0.2, 0) is 23.6 Å². The predicted molar refractivity (Wildman–Crippen MR) is 97.4 cm³/mol. The van der Waals surface area contributed by atoms with E-state index >= 15 is 0 Å². The van der Waals surface area contributed by atoms with Crippen molar-refractivity contribution in [3.05, 3.63) is 66.1 Å². The number of fused-ring (bicyclic) bond motifs is 1. The van der Waals surface area contributed by atoms with Crippen LogP contribution in [-0.4, -0.2) is 32.9 Å². The van der Waals surface area contributed by atoms with Crippen LogP contribution in [0, 0.1) is 0 Å². The number of rotatable bonds is 4. The number of nitrogens with one attached hydrogen (secondary N) is 1. The monoisotopic (exact) mass is 368 g/mol. The SMILES string of the molecule is Cn1cc(-c2ccc(Cc3cc4[nH]ncc4cc3S(=O)(=O)O)cc2)cn1. The predicted octanol–water partition coefficient (Wildman–Crippen LogP) is 2.80. The highest BCUT2D eigenvalue weighted by atomic mass is 32.2. The molecule has 0 saturated carbocycles. The molecule has 4 rings (SSSR count). The van der Waals surface area contributed by atoms with Gasteiger partial charge in [-0.25, -0.2) is 0 Å². The topological polar surface area (TPSA) is 101 Å². The Kier molecular flexibility index (Phi) is 3.86. The number of hydrogen-bond donors (Lipinski definition) is 2. The van der Waals surface area contributed by atoms with E-state index < -0.39 is 10.1 Å². The van der Waals surface area contributed by atoms with Gasteiger partial charge in [0.1, 0.15) is 0 Å². The van der Waals surface area contributed by atoms with E-state index in [0.717, 1.165) is 22.2 Å². The van der Waals surface area contributed by atoms with E-state index in [9.17, 15) is 13.0 Å². The molecule has 0 aliphatic heterocycles. The van der Waals surface area contributed by atoms with Crippen molar-refractivity contribution in [2.24, 2.45) is 7.05 Å². The molecule has 2 heterocycles. The van der Waals surface area contributed by atoms with E-state index in [4.69, 9.17) is 0 Å². The molecule has 2 aromatic carbocycles. The maximum absolute atomic E-state index is 11.8. The quantitative estimate of drug-likeness (QED) is 0.540. The summed E-state index contributed by atoms with van der Waals surface area (Å²) in [5, 5.41) is 11.5. The summed E-state index contributed by atoms with van der Waals surface area (Å²) in [5.74, 6) is 0. The third-order valence-electron chi connectivity index (χ3n) is 4.29. The molecule has 0 radical (unpaired) electrons. The third-order valence-corrected chi connectivity index (χ3v) is 5.22. The summed E-state index contributed by atoms with van der Waals surface area (Å²) in [4.78, 5) is -0.0947. The molecule has 0 saturated heterocycles. The molecule has 0 aliphatic rings. The van der Waals surface area contributed by atoms with Crippen LogP contribution in [0.15, 0.2) is 59.9 Å². The van der Waals surface area contributed by atoms with Gasteiger partial charge >= 0.3 is 0 Å². The second kappa shape index (κ2) is 6.08. The van der Waals surface area contributed by atoms with Gasteiger partial charge < -0.3 is 0 Å². The molecule has 2 aromatic heterocycles. The molecule has 8 heteroatoms. The van der Waals surface area contributed by atoms with Gasteiger partial charge in [0.2, 0.25) is 0 Å². The highest BCUT2D eigenvalue weighted by Crippen LogP contribution is 2.26. The molecule has 0 atom stereocenters. The molecule has 7 nitrogen and oxygen atoms in total. The van der Waals surface area contributed by atoms with Crippen molar-refractivity contribution in [1.82, 2.24) is 20.0 Å². The van der Waals surface area contributed by atoms with E-state index in [0.29, 0.717) is 17.4 Å². The second-order valence-corrected chi connectivity index (χ2v) is 7.56. The lowest BCUT2D eigenvalue weighted by atomic mass is 10.0. The smallest absolute Gasteiger partial charge is 0.282 e. The second-order valence-electron chi connectivity index (χ2n) is 6.17. The molecule has 0 bridgehead atoms. The van der Waals surface area contributed by atoms with Crippen LogP contribution in [0.25, 0.3) is 22.0 Å². The highest BCUT2D eigenvalue weighted by Gasteiger charge is 2.17. The number of nitrogens with zero attached hydrogens (tertiary/aromatic N) is 3. The van der Waals surface area contributed by atoms with Gasteiger partial charge in [-0.1, -0.05) is 24.3 Å². The summed E-state index contributed by atoms with van der Waals surface area (Å²) in [5.41, 5.74) is 4.21. The third kappa shape index (κ3) is 3.12. The largest absolute Gasteiger partial charge is 0.294 e. The van der Waals surface area contributed by atoms with E-state index in [-0.39, 0.29) is 4.90 Å². The Morgan fingerprint density at radius 2 is 1.88 bits per heavy atom. The first-order valence-corrected chi connectivity index (χ1v) is 9.35. The first-order valence-electron chi connectivity index (χ1n) is 7.91. The zero-order chi connectivity index (χ0) is 18.3. The van der Waals surface area contributed by atoms with E-state index in [1.165, 1.54) is 12.3 Å². The van der Waals surface area contributed by atoms with E-state index in [1.54, 1.807) is 16.9 Å². The average Bonchev–Trinajstić information content (AvgIpc) is 3.22. The van der Waals surface area contributed by atoms with E-state index in [1.807, 2.05) is 37.5 Å². The normalized spacial score (nSPS) is 11.9. The maximum Gasteiger partial charge on any atom is 0.294 e. The number of aryl methyl sites for hydroxylation is 1. The molecular weight excluding hydrogens is 352 g/mol. The number of aromatic nitrogens is 4.